The molecule has 0 aliphatic rings. The fourth-order valence-electron chi connectivity index (χ4n) is 2.02. The molecule has 0 aromatic heterocycles. The van der Waals surface area contributed by atoms with Crippen molar-refractivity contribution >= 4 is 11.6 Å². The average molecular weight is 278 g/mol. The van der Waals surface area contributed by atoms with Crippen LogP contribution in [0.5, 0.6) is 0 Å². The van der Waals surface area contributed by atoms with E-state index in [1.807, 2.05) is 61.5 Å². The molecule has 2 aromatic carbocycles. The molecule has 2 N–H and O–H groups in total. The van der Waals surface area contributed by atoms with Crippen molar-refractivity contribution in [1.29, 1.82) is 0 Å². The SMILES string of the molecule is C#Cc1cccc(NCC(=O)NC(C)c2ccccc2)c1. The van der Waals surface area contributed by atoms with Gasteiger partial charge in [0, 0.05) is 11.3 Å². The van der Waals surface area contributed by atoms with Crippen LogP contribution in [-0.4, -0.2) is 12.5 Å². The average Bonchev–Trinajstić information content (AvgIpc) is 2.54. The lowest BCUT2D eigenvalue weighted by molar-refractivity contribution is -0.120. The van der Waals surface area contributed by atoms with Gasteiger partial charge in [0.25, 0.3) is 0 Å². The molecule has 0 heterocycles. The first-order valence-corrected chi connectivity index (χ1v) is 6.84. The topological polar surface area (TPSA) is 41.1 Å². The summed E-state index contributed by atoms with van der Waals surface area (Å²) in [6, 6.07) is 17.3. The van der Waals surface area contributed by atoms with E-state index in [2.05, 4.69) is 16.6 Å². The Labute approximate surface area is 125 Å². The predicted molar refractivity (Wildman–Crippen MR) is 85.9 cm³/mol. The summed E-state index contributed by atoms with van der Waals surface area (Å²) in [4.78, 5) is 11.9. The second kappa shape index (κ2) is 7.16. The van der Waals surface area contributed by atoms with E-state index in [-0.39, 0.29) is 18.5 Å². The van der Waals surface area contributed by atoms with Crippen LogP contribution in [0.15, 0.2) is 54.6 Å². The van der Waals surface area contributed by atoms with Gasteiger partial charge in [-0.25, -0.2) is 0 Å². The van der Waals surface area contributed by atoms with Crippen LogP contribution < -0.4 is 10.6 Å². The summed E-state index contributed by atoms with van der Waals surface area (Å²) in [5, 5.41) is 6.02. The van der Waals surface area contributed by atoms with Crippen LogP contribution >= 0.6 is 0 Å². The number of rotatable bonds is 5. The van der Waals surface area contributed by atoms with Crippen molar-refractivity contribution in [3.8, 4) is 12.3 Å². The van der Waals surface area contributed by atoms with Crippen LogP contribution in [-0.2, 0) is 4.79 Å². The summed E-state index contributed by atoms with van der Waals surface area (Å²) >= 11 is 0. The zero-order valence-electron chi connectivity index (χ0n) is 12.0. The van der Waals surface area contributed by atoms with Gasteiger partial charge in [-0.15, -0.1) is 6.42 Å². The molecule has 106 valence electrons. The molecule has 0 saturated carbocycles. The van der Waals surface area contributed by atoms with Crippen LogP contribution in [0.4, 0.5) is 5.69 Å². The Morgan fingerprint density at radius 1 is 1.19 bits per heavy atom. The maximum Gasteiger partial charge on any atom is 0.239 e. The summed E-state index contributed by atoms with van der Waals surface area (Å²) in [7, 11) is 0. The van der Waals surface area contributed by atoms with Gasteiger partial charge in [-0.2, -0.15) is 0 Å². The quantitative estimate of drug-likeness (QED) is 0.826. The Bertz CT molecular complexity index is 644. The standard InChI is InChI=1S/C18H18N2O/c1-3-15-8-7-11-17(12-15)19-13-18(21)20-14(2)16-9-5-4-6-10-16/h1,4-12,14,19H,13H2,2H3,(H,20,21). The van der Waals surface area contributed by atoms with E-state index in [0.29, 0.717) is 0 Å². The van der Waals surface area contributed by atoms with Crippen molar-refractivity contribution in [2.24, 2.45) is 0 Å². The minimum absolute atomic E-state index is 0.0162. The smallest absolute Gasteiger partial charge is 0.239 e. The van der Waals surface area contributed by atoms with E-state index >= 15 is 0 Å². The minimum atomic E-state index is -0.0579. The van der Waals surface area contributed by atoms with Crippen LogP contribution in [0.2, 0.25) is 0 Å². The lowest BCUT2D eigenvalue weighted by atomic mass is 10.1. The molecule has 2 rings (SSSR count). The third-order valence-corrected chi connectivity index (χ3v) is 3.16. The predicted octanol–water partition coefficient (Wildman–Crippen LogP) is 2.96. The van der Waals surface area contributed by atoms with Crippen LogP contribution in [0, 0.1) is 12.3 Å². The first-order chi connectivity index (χ1) is 10.2. The summed E-state index contributed by atoms with van der Waals surface area (Å²) < 4.78 is 0. The summed E-state index contributed by atoms with van der Waals surface area (Å²) in [5.41, 5.74) is 2.71. The Morgan fingerprint density at radius 2 is 1.95 bits per heavy atom. The molecule has 3 nitrogen and oxygen atoms in total. The maximum atomic E-state index is 11.9. The number of terminal acetylenes is 1. The summed E-state index contributed by atoms with van der Waals surface area (Å²) in [6.07, 6.45) is 5.35. The van der Waals surface area contributed by atoms with E-state index in [4.69, 9.17) is 6.42 Å². The second-order valence-corrected chi connectivity index (χ2v) is 4.78. The van der Waals surface area contributed by atoms with Gasteiger partial charge in [-0.1, -0.05) is 42.3 Å². The van der Waals surface area contributed by atoms with Gasteiger partial charge in [0.1, 0.15) is 0 Å². The molecule has 0 fully saturated rings. The zero-order valence-corrected chi connectivity index (χ0v) is 12.0. The molecule has 1 amide bonds. The van der Waals surface area contributed by atoms with E-state index in [9.17, 15) is 4.79 Å². The summed E-state index contributed by atoms with van der Waals surface area (Å²) in [5.74, 6) is 2.51. The Balaban J connectivity index is 1.86. The third kappa shape index (κ3) is 4.39. The number of anilines is 1. The molecule has 0 aliphatic carbocycles. The van der Waals surface area contributed by atoms with Crippen molar-refractivity contribution in [2.75, 3.05) is 11.9 Å². The molecule has 0 radical (unpaired) electrons. The highest BCUT2D eigenvalue weighted by atomic mass is 16.1. The molecule has 1 atom stereocenters. The molecule has 0 saturated heterocycles. The molecule has 0 spiro atoms. The van der Waals surface area contributed by atoms with Gasteiger partial charge in [0.05, 0.1) is 12.6 Å². The van der Waals surface area contributed by atoms with Gasteiger partial charge >= 0.3 is 0 Å². The number of hydrogen-bond donors (Lipinski definition) is 2. The van der Waals surface area contributed by atoms with Gasteiger partial charge < -0.3 is 10.6 Å². The van der Waals surface area contributed by atoms with Crippen molar-refractivity contribution in [3.05, 3.63) is 65.7 Å². The lowest BCUT2D eigenvalue weighted by Crippen LogP contribution is -2.32. The van der Waals surface area contributed by atoms with Crippen LogP contribution in [0.25, 0.3) is 0 Å². The van der Waals surface area contributed by atoms with Gasteiger partial charge in [0.2, 0.25) is 5.91 Å². The monoisotopic (exact) mass is 278 g/mol. The fraction of sp³-hybridized carbons (Fsp3) is 0.167. The van der Waals surface area contributed by atoms with Crippen molar-refractivity contribution in [3.63, 3.8) is 0 Å². The largest absolute Gasteiger partial charge is 0.376 e. The Hall–Kier alpha value is -2.73. The number of carbonyl (C=O) groups is 1. The minimum Gasteiger partial charge on any atom is -0.376 e. The van der Waals surface area contributed by atoms with Crippen LogP contribution in [0.1, 0.15) is 24.1 Å². The number of carbonyl (C=O) groups excluding carboxylic acids is 1. The molecule has 0 aliphatic heterocycles. The first-order valence-electron chi connectivity index (χ1n) is 6.84. The molecule has 0 bridgehead atoms. The van der Waals surface area contributed by atoms with Gasteiger partial charge in [-0.05, 0) is 30.7 Å². The second-order valence-electron chi connectivity index (χ2n) is 4.78. The summed E-state index contributed by atoms with van der Waals surface area (Å²) in [6.45, 7) is 2.18. The Morgan fingerprint density at radius 3 is 2.67 bits per heavy atom. The van der Waals surface area contributed by atoms with Crippen molar-refractivity contribution < 1.29 is 4.79 Å². The first kappa shape index (κ1) is 14.7. The maximum absolute atomic E-state index is 11.9. The van der Waals surface area contributed by atoms with E-state index in [1.165, 1.54) is 0 Å². The number of nitrogens with one attached hydrogen (secondary N) is 2. The highest BCUT2D eigenvalue weighted by Gasteiger charge is 2.08. The lowest BCUT2D eigenvalue weighted by Gasteiger charge is -2.15. The van der Waals surface area contributed by atoms with Gasteiger partial charge in [-0.3, -0.25) is 4.79 Å². The van der Waals surface area contributed by atoms with E-state index < -0.39 is 0 Å². The molecule has 3 heteroatoms. The number of benzene rings is 2. The molecule has 1 unspecified atom stereocenters. The molecular formula is C18H18N2O. The van der Waals surface area contributed by atoms with E-state index in [0.717, 1.165) is 16.8 Å². The van der Waals surface area contributed by atoms with Gasteiger partial charge in [0.15, 0.2) is 0 Å². The normalized spacial score (nSPS) is 11.2. The molecule has 2 aromatic rings. The highest BCUT2D eigenvalue weighted by molar-refractivity contribution is 5.81. The molecule has 21 heavy (non-hydrogen) atoms. The van der Waals surface area contributed by atoms with E-state index in [1.54, 1.807) is 0 Å². The van der Waals surface area contributed by atoms with Crippen molar-refractivity contribution in [2.45, 2.75) is 13.0 Å². The molecular weight excluding hydrogens is 260 g/mol. The Kier molecular flexibility index (Phi) is 5.00. The highest BCUT2D eigenvalue weighted by Crippen LogP contribution is 2.11. The van der Waals surface area contributed by atoms with Crippen LogP contribution in [0.3, 0.4) is 0 Å². The number of amides is 1. The fourth-order valence-corrected chi connectivity index (χ4v) is 2.02. The number of hydrogen-bond acceptors (Lipinski definition) is 2. The zero-order chi connectivity index (χ0) is 15.1. The van der Waals surface area contributed by atoms with Crippen molar-refractivity contribution in [1.82, 2.24) is 5.32 Å². The third-order valence-electron chi connectivity index (χ3n) is 3.16.